The molecule has 0 radical (unpaired) electrons. The fraction of sp³-hybridized carbons (Fsp3) is 0.435. The van der Waals surface area contributed by atoms with Crippen molar-refractivity contribution in [3.8, 4) is 5.88 Å². The summed E-state index contributed by atoms with van der Waals surface area (Å²) >= 11 is 0. The molecule has 2 aliphatic heterocycles. The van der Waals surface area contributed by atoms with Crippen LogP contribution < -0.4 is 15.5 Å². The second-order valence-electron chi connectivity index (χ2n) is 7.81. The average molecular weight is 456 g/mol. The molecular formula is C23H29N5O5. The second kappa shape index (κ2) is 11.1. The number of aromatic nitrogens is 1. The summed E-state index contributed by atoms with van der Waals surface area (Å²) in [6, 6.07) is 10.3. The summed E-state index contributed by atoms with van der Waals surface area (Å²) in [4.78, 5) is 20.6. The molecule has 0 spiro atoms. The Morgan fingerprint density at radius 2 is 1.76 bits per heavy atom. The number of nitrogens with zero attached hydrogens (tertiary/aromatic N) is 4. The Morgan fingerprint density at radius 3 is 2.45 bits per heavy atom. The fourth-order valence-corrected chi connectivity index (χ4v) is 3.88. The molecule has 0 amide bonds. The minimum Gasteiger partial charge on any atom is -0.478 e. The summed E-state index contributed by atoms with van der Waals surface area (Å²) in [5.41, 5.74) is 2.57. The van der Waals surface area contributed by atoms with Crippen LogP contribution >= 0.6 is 0 Å². The molecule has 1 aromatic heterocycles. The summed E-state index contributed by atoms with van der Waals surface area (Å²) in [6.07, 6.45) is 0. The number of carboxylic acid groups (broad SMARTS) is 1. The number of benzene rings is 1. The Labute approximate surface area is 192 Å². The molecule has 2 fully saturated rings. The van der Waals surface area contributed by atoms with E-state index in [4.69, 9.17) is 20.1 Å². The van der Waals surface area contributed by atoms with Gasteiger partial charge in [0.15, 0.2) is 0 Å². The monoisotopic (exact) mass is 455 g/mol. The number of carbonyl (C=O) groups is 1. The van der Waals surface area contributed by atoms with Gasteiger partial charge in [0.25, 0.3) is 0 Å². The Kier molecular flexibility index (Phi) is 7.71. The summed E-state index contributed by atoms with van der Waals surface area (Å²) in [5, 5.41) is 13.3. The molecule has 176 valence electrons. The quantitative estimate of drug-likeness (QED) is 0.341. The largest absolute Gasteiger partial charge is 0.478 e. The van der Waals surface area contributed by atoms with Crippen LogP contribution in [0.25, 0.3) is 0 Å². The maximum absolute atomic E-state index is 11.4. The van der Waals surface area contributed by atoms with Crippen molar-refractivity contribution in [1.82, 2.24) is 9.88 Å². The predicted molar refractivity (Wildman–Crippen MR) is 123 cm³/mol. The zero-order valence-electron chi connectivity index (χ0n) is 18.5. The predicted octanol–water partition coefficient (Wildman–Crippen LogP) is 1.04. The van der Waals surface area contributed by atoms with E-state index in [0.717, 1.165) is 51.6 Å². The van der Waals surface area contributed by atoms with Gasteiger partial charge in [-0.3, -0.25) is 4.90 Å². The zero-order valence-corrected chi connectivity index (χ0v) is 18.5. The standard InChI is InChI=1S/C23H29N5O5/c24-26-22(17-2-1-3-18(14-17)23(29)30)20-15-19(28-7-11-32-12-8-28)16-21(25-20)33-13-6-27-4-9-31-10-5-27/h1-3,14-16H,4-13,24H2,(H,29,30)/b26-22+. The van der Waals surface area contributed by atoms with Gasteiger partial charge in [-0.2, -0.15) is 5.10 Å². The topological polar surface area (TPSA) is 123 Å². The van der Waals surface area contributed by atoms with E-state index >= 15 is 0 Å². The molecule has 0 saturated carbocycles. The lowest BCUT2D eigenvalue weighted by atomic mass is 10.0. The van der Waals surface area contributed by atoms with E-state index < -0.39 is 5.97 Å². The molecule has 33 heavy (non-hydrogen) atoms. The van der Waals surface area contributed by atoms with Gasteiger partial charge in [0.1, 0.15) is 12.3 Å². The van der Waals surface area contributed by atoms with Crippen molar-refractivity contribution < 1.29 is 24.1 Å². The van der Waals surface area contributed by atoms with Crippen LogP contribution in [0, 0.1) is 0 Å². The summed E-state index contributed by atoms with van der Waals surface area (Å²) in [5.74, 6) is 5.20. The highest BCUT2D eigenvalue weighted by Crippen LogP contribution is 2.24. The van der Waals surface area contributed by atoms with Crippen molar-refractivity contribution in [3.05, 3.63) is 53.2 Å². The van der Waals surface area contributed by atoms with Crippen LogP contribution in [0.15, 0.2) is 41.5 Å². The van der Waals surface area contributed by atoms with Crippen LogP contribution in [-0.2, 0) is 9.47 Å². The first-order chi connectivity index (χ1) is 16.1. The van der Waals surface area contributed by atoms with E-state index in [2.05, 4.69) is 19.9 Å². The van der Waals surface area contributed by atoms with Gasteiger partial charge >= 0.3 is 5.97 Å². The number of ether oxygens (including phenoxy) is 3. The van der Waals surface area contributed by atoms with Crippen molar-refractivity contribution in [2.75, 3.05) is 70.7 Å². The smallest absolute Gasteiger partial charge is 0.335 e. The molecule has 10 heteroatoms. The summed E-state index contributed by atoms with van der Waals surface area (Å²) in [6.45, 7) is 7.30. The van der Waals surface area contributed by atoms with Gasteiger partial charge in [-0.1, -0.05) is 12.1 Å². The maximum Gasteiger partial charge on any atom is 0.335 e. The molecule has 4 rings (SSSR count). The van der Waals surface area contributed by atoms with Gasteiger partial charge in [-0.05, 0) is 18.2 Å². The molecule has 2 aromatic rings. The fourth-order valence-electron chi connectivity index (χ4n) is 3.88. The Bertz CT molecular complexity index is 987. The van der Waals surface area contributed by atoms with Crippen LogP contribution in [0.3, 0.4) is 0 Å². The first-order valence-corrected chi connectivity index (χ1v) is 11.0. The molecular weight excluding hydrogens is 426 g/mol. The Morgan fingerprint density at radius 1 is 1.06 bits per heavy atom. The van der Waals surface area contributed by atoms with E-state index in [1.807, 2.05) is 12.1 Å². The van der Waals surface area contributed by atoms with Crippen LogP contribution in [0.4, 0.5) is 5.69 Å². The molecule has 3 heterocycles. The number of morpholine rings is 2. The third-order valence-corrected chi connectivity index (χ3v) is 5.68. The first kappa shape index (κ1) is 23.0. The first-order valence-electron chi connectivity index (χ1n) is 11.0. The molecule has 2 aliphatic rings. The summed E-state index contributed by atoms with van der Waals surface area (Å²) in [7, 11) is 0. The zero-order chi connectivity index (χ0) is 23.0. The van der Waals surface area contributed by atoms with Gasteiger partial charge in [0, 0.05) is 50.0 Å². The van der Waals surface area contributed by atoms with E-state index in [1.165, 1.54) is 12.1 Å². The number of nitrogens with two attached hydrogens (primary N) is 1. The number of aromatic carboxylic acids is 1. The van der Waals surface area contributed by atoms with Crippen molar-refractivity contribution >= 4 is 17.4 Å². The Balaban J connectivity index is 1.60. The van der Waals surface area contributed by atoms with E-state index in [1.54, 1.807) is 12.1 Å². The Hall–Kier alpha value is -3.21. The summed E-state index contributed by atoms with van der Waals surface area (Å²) < 4.78 is 16.9. The lowest BCUT2D eigenvalue weighted by Gasteiger charge is -2.29. The molecule has 3 N–H and O–H groups in total. The minimum atomic E-state index is -1.02. The van der Waals surface area contributed by atoms with Crippen LogP contribution in [-0.4, -0.2) is 92.4 Å². The highest BCUT2D eigenvalue weighted by molar-refractivity contribution is 6.12. The molecule has 0 bridgehead atoms. The van der Waals surface area contributed by atoms with Gasteiger partial charge in [-0.25, -0.2) is 9.78 Å². The van der Waals surface area contributed by atoms with Gasteiger partial charge in [0.2, 0.25) is 5.88 Å². The number of rotatable bonds is 8. The molecule has 0 atom stereocenters. The lowest BCUT2D eigenvalue weighted by Crippen LogP contribution is -2.38. The number of hydrogen-bond donors (Lipinski definition) is 2. The second-order valence-corrected chi connectivity index (χ2v) is 7.81. The van der Waals surface area contributed by atoms with Crippen molar-refractivity contribution in [2.24, 2.45) is 10.9 Å². The number of anilines is 1. The number of carboxylic acids is 1. The molecule has 1 aromatic carbocycles. The van der Waals surface area contributed by atoms with Crippen molar-refractivity contribution in [2.45, 2.75) is 0 Å². The van der Waals surface area contributed by atoms with E-state index in [9.17, 15) is 9.90 Å². The van der Waals surface area contributed by atoms with Crippen LogP contribution in [0.1, 0.15) is 21.6 Å². The molecule has 0 unspecified atom stereocenters. The van der Waals surface area contributed by atoms with Gasteiger partial charge in [0.05, 0.1) is 37.7 Å². The maximum atomic E-state index is 11.4. The highest BCUT2D eigenvalue weighted by atomic mass is 16.5. The van der Waals surface area contributed by atoms with Crippen LogP contribution in [0.5, 0.6) is 5.88 Å². The van der Waals surface area contributed by atoms with Gasteiger partial charge < -0.3 is 30.1 Å². The highest BCUT2D eigenvalue weighted by Gasteiger charge is 2.19. The molecule has 10 nitrogen and oxygen atoms in total. The average Bonchev–Trinajstić information content (AvgIpc) is 2.86. The number of pyridine rings is 1. The number of hydrogen-bond acceptors (Lipinski definition) is 9. The lowest BCUT2D eigenvalue weighted by molar-refractivity contribution is 0.0320. The minimum absolute atomic E-state index is 0.153. The number of hydrazone groups is 1. The van der Waals surface area contributed by atoms with Crippen LogP contribution in [0.2, 0.25) is 0 Å². The van der Waals surface area contributed by atoms with Crippen molar-refractivity contribution in [3.63, 3.8) is 0 Å². The van der Waals surface area contributed by atoms with E-state index in [-0.39, 0.29) is 5.56 Å². The van der Waals surface area contributed by atoms with E-state index in [0.29, 0.717) is 42.7 Å². The third-order valence-electron chi connectivity index (χ3n) is 5.68. The normalized spacial score (nSPS) is 17.7. The third kappa shape index (κ3) is 5.98. The van der Waals surface area contributed by atoms with Crippen molar-refractivity contribution in [1.29, 1.82) is 0 Å². The van der Waals surface area contributed by atoms with Gasteiger partial charge in [-0.15, -0.1) is 0 Å². The molecule has 2 saturated heterocycles. The molecule has 0 aliphatic carbocycles. The SMILES string of the molecule is N/N=C(\c1cccc(C(=O)O)c1)c1cc(N2CCOCC2)cc(OCCN2CCOCC2)n1.